The first-order valence-electron chi connectivity index (χ1n) is 7.53. The molecule has 1 aliphatic carbocycles. The zero-order valence-electron chi connectivity index (χ0n) is 13.6. The average Bonchev–Trinajstić information content (AvgIpc) is 3.06. The van der Waals surface area contributed by atoms with Gasteiger partial charge in [0.15, 0.2) is 11.5 Å². The molecule has 23 heavy (non-hydrogen) atoms. The van der Waals surface area contributed by atoms with E-state index in [1.807, 2.05) is 0 Å². The van der Waals surface area contributed by atoms with Crippen LogP contribution in [0, 0.1) is 5.92 Å². The molecule has 0 saturated carbocycles. The van der Waals surface area contributed by atoms with Crippen LogP contribution in [-0.4, -0.2) is 33.1 Å². The molecule has 0 aliphatic heterocycles. The van der Waals surface area contributed by atoms with Crippen molar-refractivity contribution in [3.63, 3.8) is 0 Å². The zero-order valence-corrected chi connectivity index (χ0v) is 13.6. The van der Waals surface area contributed by atoms with Gasteiger partial charge < -0.3 is 20.1 Å². The van der Waals surface area contributed by atoms with E-state index in [2.05, 4.69) is 22.8 Å². The fraction of sp³-hybridized carbons (Fsp3) is 0.412. The molecular formula is C17H22N2O4. The van der Waals surface area contributed by atoms with E-state index in [1.165, 1.54) is 21.3 Å². The number of benzene rings is 1. The van der Waals surface area contributed by atoms with Gasteiger partial charge in [-0.15, -0.1) is 0 Å². The summed E-state index contributed by atoms with van der Waals surface area (Å²) in [5, 5.41) is 5.37. The van der Waals surface area contributed by atoms with Crippen molar-refractivity contribution >= 4 is 17.5 Å². The highest BCUT2D eigenvalue weighted by Gasteiger charge is 2.19. The molecule has 0 unspecified atom stereocenters. The van der Waals surface area contributed by atoms with Gasteiger partial charge in [0.1, 0.15) is 0 Å². The molecule has 2 amide bonds. The highest BCUT2D eigenvalue weighted by atomic mass is 16.5. The number of hydrogen-bond donors (Lipinski definition) is 2. The lowest BCUT2D eigenvalue weighted by Crippen LogP contribution is -2.22. The van der Waals surface area contributed by atoms with Crippen molar-refractivity contribution in [3.8, 4) is 11.5 Å². The summed E-state index contributed by atoms with van der Waals surface area (Å²) in [4.78, 5) is 24.3. The average molecular weight is 318 g/mol. The molecule has 0 fully saturated rings. The molecule has 1 atom stereocenters. The van der Waals surface area contributed by atoms with E-state index in [0.717, 1.165) is 12.8 Å². The number of rotatable bonds is 6. The number of ether oxygens (including phenoxy) is 2. The third kappa shape index (κ3) is 4.03. The summed E-state index contributed by atoms with van der Waals surface area (Å²) in [5.74, 6) is 0.721. The molecule has 0 bridgehead atoms. The maximum absolute atomic E-state index is 12.2. The van der Waals surface area contributed by atoms with Gasteiger partial charge in [-0.05, 0) is 24.8 Å². The van der Waals surface area contributed by atoms with E-state index < -0.39 is 0 Å². The number of allylic oxidation sites excluding steroid dienone is 2. The van der Waals surface area contributed by atoms with Crippen LogP contribution in [0.5, 0.6) is 11.5 Å². The minimum atomic E-state index is -0.304. The van der Waals surface area contributed by atoms with Gasteiger partial charge in [-0.25, -0.2) is 0 Å². The summed E-state index contributed by atoms with van der Waals surface area (Å²) in [5.41, 5.74) is 0.745. The lowest BCUT2D eigenvalue weighted by molar-refractivity contribution is -0.116. The fourth-order valence-corrected chi connectivity index (χ4v) is 2.61. The summed E-state index contributed by atoms with van der Waals surface area (Å²) in [6.07, 6.45) is 6.55. The predicted octanol–water partition coefficient (Wildman–Crippen LogP) is 2.36. The highest BCUT2D eigenvalue weighted by Crippen LogP contribution is 2.33. The molecule has 6 heteroatoms. The van der Waals surface area contributed by atoms with Gasteiger partial charge in [0, 0.05) is 19.5 Å². The summed E-state index contributed by atoms with van der Waals surface area (Å²) in [7, 11) is 4.54. The van der Waals surface area contributed by atoms with E-state index in [0.29, 0.717) is 29.2 Å². The molecule has 0 heterocycles. The topological polar surface area (TPSA) is 76.7 Å². The van der Waals surface area contributed by atoms with E-state index >= 15 is 0 Å². The van der Waals surface area contributed by atoms with Gasteiger partial charge in [0.05, 0.1) is 25.5 Å². The van der Waals surface area contributed by atoms with E-state index in [-0.39, 0.29) is 17.7 Å². The lowest BCUT2D eigenvalue weighted by Gasteiger charge is -2.15. The summed E-state index contributed by atoms with van der Waals surface area (Å²) in [6.45, 7) is 0. The maximum Gasteiger partial charge on any atom is 0.253 e. The van der Waals surface area contributed by atoms with Crippen LogP contribution in [0.25, 0.3) is 0 Å². The molecular weight excluding hydrogens is 296 g/mol. The number of hydrogen-bond acceptors (Lipinski definition) is 4. The quantitative estimate of drug-likeness (QED) is 0.790. The molecule has 6 nitrogen and oxygen atoms in total. The van der Waals surface area contributed by atoms with E-state index in [9.17, 15) is 9.59 Å². The van der Waals surface area contributed by atoms with E-state index in [4.69, 9.17) is 9.47 Å². The molecule has 1 aliphatic rings. The molecule has 0 aromatic heterocycles. The van der Waals surface area contributed by atoms with Crippen molar-refractivity contribution in [2.24, 2.45) is 5.92 Å². The number of carbonyl (C=O) groups is 2. The van der Waals surface area contributed by atoms with Crippen molar-refractivity contribution in [2.45, 2.75) is 19.3 Å². The molecule has 1 aromatic carbocycles. The van der Waals surface area contributed by atoms with Gasteiger partial charge >= 0.3 is 0 Å². The normalized spacial score (nSPS) is 16.0. The third-order valence-electron chi connectivity index (χ3n) is 3.83. The SMILES string of the molecule is CNC(=O)c1cc(OC)c(OC)cc1NC(=O)C[C@@H]1C=CCC1. The molecule has 1 aromatic rings. The second-order valence-corrected chi connectivity index (χ2v) is 5.35. The number of anilines is 1. The molecule has 2 N–H and O–H groups in total. The first-order valence-corrected chi connectivity index (χ1v) is 7.53. The smallest absolute Gasteiger partial charge is 0.253 e. The van der Waals surface area contributed by atoms with Crippen molar-refractivity contribution in [1.82, 2.24) is 5.32 Å². The Labute approximate surface area is 135 Å². The van der Waals surface area contributed by atoms with Crippen molar-refractivity contribution in [1.29, 1.82) is 0 Å². The summed E-state index contributed by atoms with van der Waals surface area (Å²) >= 11 is 0. The Bertz CT molecular complexity index is 625. The van der Waals surface area contributed by atoms with Crippen LogP contribution in [0.2, 0.25) is 0 Å². The first kappa shape index (κ1) is 16.9. The second-order valence-electron chi connectivity index (χ2n) is 5.35. The number of nitrogens with one attached hydrogen (secondary N) is 2. The second kappa shape index (κ2) is 7.67. The van der Waals surface area contributed by atoms with Crippen molar-refractivity contribution < 1.29 is 19.1 Å². The Morgan fingerprint density at radius 3 is 2.48 bits per heavy atom. The number of carbonyl (C=O) groups excluding carboxylic acids is 2. The predicted molar refractivity (Wildman–Crippen MR) is 88.0 cm³/mol. The number of amides is 2. The molecule has 2 rings (SSSR count). The van der Waals surface area contributed by atoms with Crippen molar-refractivity contribution in [2.75, 3.05) is 26.6 Å². The van der Waals surface area contributed by atoms with Crippen LogP contribution < -0.4 is 20.1 Å². The van der Waals surface area contributed by atoms with Crippen LogP contribution in [0.15, 0.2) is 24.3 Å². The van der Waals surface area contributed by atoms with Gasteiger partial charge in [0.2, 0.25) is 5.91 Å². The van der Waals surface area contributed by atoms with Crippen LogP contribution in [0.4, 0.5) is 5.69 Å². The van der Waals surface area contributed by atoms with Crippen LogP contribution in [0.3, 0.4) is 0 Å². The van der Waals surface area contributed by atoms with Crippen molar-refractivity contribution in [3.05, 3.63) is 29.8 Å². The fourth-order valence-electron chi connectivity index (χ4n) is 2.61. The Hall–Kier alpha value is -2.50. The van der Waals surface area contributed by atoms with Crippen LogP contribution in [-0.2, 0) is 4.79 Å². The third-order valence-corrected chi connectivity index (χ3v) is 3.83. The summed E-state index contributed by atoms with van der Waals surface area (Å²) in [6, 6.07) is 3.16. The van der Waals surface area contributed by atoms with Crippen LogP contribution >= 0.6 is 0 Å². The van der Waals surface area contributed by atoms with Gasteiger partial charge in [-0.1, -0.05) is 12.2 Å². The monoisotopic (exact) mass is 318 g/mol. The van der Waals surface area contributed by atoms with Crippen LogP contribution in [0.1, 0.15) is 29.6 Å². The Morgan fingerprint density at radius 1 is 1.22 bits per heavy atom. The Morgan fingerprint density at radius 2 is 1.91 bits per heavy atom. The lowest BCUT2D eigenvalue weighted by atomic mass is 10.0. The molecule has 0 radical (unpaired) electrons. The zero-order chi connectivity index (χ0) is 16.8. The maximum atomic E-state index is 12.2. The Kier molecular flexibility index (Phi) is 5.62. The van der Waals surface area contributed by atoms with Gasteiger partial charge in [-0.3, -0.25) is 9.59 Å². The minimum absolute atomic E-state index is 0.126. The summed E-state index contributed by atoms with van der Waals surface area (Å²) < 4.78 is 10.5. The molecule has 124 valence electrons. The van der Waals surface area contributed by atoms with E-state index in [1.54, 1.807) is 12.1 Å². The minimum Gasteiger partial charge on any atom is -0.493 e. The first-order chi connectivity index (χ1) is 11.1. The van der Waals surface area contributed by atoms with Gasteiger partial charge in [-0.2, -0.15) is 0 Å². The molecule has 0 spiro atoms. The number of methoxy groups -OCH3 is 2. The standard InChI is InChI=1S/C17H22N2O4/c1-18-17(21)12-9-14(22-2)15(23-3)10-13(12)19-16(20)8-11-6-4-5-7-11/h4,6,9-11H,5,7-8H2,1-3H3,(H,18,21)(H,19,20)/t11-/m1/s1. The molecule has 0 saturated heterocycles. The van der Waals surface area contributed by atoms with Gasteiger partial charge in [0.25, 0.3) is 5.91 Å². The highest BCUT2D eigenvalue weighted by molar-refractivity contribution is 6.04. The largest absolute Gasteiger partial charge is 0.493 e. The Balaban J connectivity index is 2.25.